The van der Waals surface area contributed by atoms with E-state index >= 15 is 0 Å². The third-order valence-corrected chi connectivity index (χ3v) is 3.55. The highest BCUT2D eigenvalue weighted by Crippen LogP contribution is 2.15. The van der Waals surface area contributed by atoms with Gasteiger partial charge in [-0.2, -0.15) is 0 Å². The van der Waals surface area contributed by atoms with E-state index in [0.29, 0.717) is 23.7 Å². The molecule has 0 bridgehead atoms. The van der Waals surface area contributed by atoms with Gasteiger partial charge in [0.1, 0.15) is 11.5 Å². The van der Waals surface area contributed by atoms with Crippen molar-refractivity contribution in [3.63, 3.8) is 0 Å². The van der Waals surface area contributed by atoms with E-state index in [2.05, 4.69) is 10.6 Å². The van der Waals surface area contributed by atoms with Crippen molar-refractivity contribution in [3.05, 3.63) is 59.1 Å². The second-order valence-corrected chi connectivity index (χ2v) is 5.72. The Kier molecular flexibility index (Phi) is 7.10. The van der Waals surface area contributed by atoms with Crippen LogP contribution in [0.4, 0.5) is 0 Å². The van der Waals surface area contributed by atoms with Gasteiger partial charge in [0.15, 0.2) is 6.61 Å². The lowest BCUT2D eigenvalue weighted by Crippen LogP contribution is -2.39. The average Bonchev–Trinajstić information content (AvgIpc) is 2.61. The van der Waals surface area contributed by atoms with Crippen molar-refractivity contribution < 1.29 is 19.4 Å². The molecule has 0 aliphatic carbocycles. The predicted octanol–water partition coefficient (Wildman–Crippen LogP) is 1.90. The molecule has 0 spiro atoms. The zero-order valence-corrected chi connectivity index (χ0v) is 14.3. The first-order valence-corrected chi connectivity index (χ1v) is 8.10. The molecule has 0 saturated heterocycles. The molecule has 0 saturated carbocycles. The maximum atomic E-state index is 11.7. The van der Waals surface area contributed by atoms with Crippen LogP contribution in [0.25, 0.3) is 0 Å². The summed E-state index contributed by atoms with van der Waals surface area (Å²) in [6, 6.07) is 13.4. The van der Waals surface area contributed by atoms with Gasteiger partial charge in [-0.05, 0) is 48.4 Å². The molecule has 25 heavy (non-hydrogen) atoms. The lowest BCUT2D eigenvalue weighted by molar-refractivity contribution is -0.127. The number of carbonyl (C=O) groups excluding carboxylic acids is 2. The Hall–Kier alpha value is -2.73. The number of halogens is 1. The molecule has 0 atom stereocenters. The highest BCUT2D eigenvalue weighted by molar-refractivity contribution is 6.30. The lowest BCUT2D eigenvalue weighted by Gasteiger charge is -2.08. The quantitative estimate of drug-likeness (QED) is 0.669. The number of aromatic hydroxyl groups is 1. The fourth-order valence-electron chi connectivity index (χ4n) is 1.98. The van der Waals surface area contributed by atoms with E-state index < -0.39 is 0 Å². The Morgan fingerprint density at radius 2 is 1.64 bits per heavy atom. The normalized spacial score (nSPS) is 10.1. The number of carbonyl (C=O) groups is 2. The van der Waals surface area contributed by atoms with Crippen LogP contribution in [0.1, 0.15) is 5.56 Å². The Morgan fingerprint density at radius 1 is 0.960 bits per heavy atom. The van der Waals surface area contributed by atoms with E-state index in [-0.39, 0.29) is 30.7 Å². The molecular formula is C18H19ClN2O4. The number of hydrogen-bond acceptors (Lipinski definition) is 4. The van der Waals surface area contributed by atoms with Gasteiger partial charge in [-0.25, -0.2) is 0 Å². The number of nitrogens with one attached hydrogen (secondary N) is 2. The van der Waals surface area contributed by atoms with Gasteiger partial charge in [0.05, 0.1) is 6.54 Å². The third-order valence-electron chi connectivity index (χ3n) is 3.30. The monoisotopic (exact) mass is 362 g/mol. The molecule has 2 aromatic carbocycles. The van der Waals surface area contributed by atoms with Crippen LogP contribution in [-0.4, -0.2) is 36.6 Å². The van der Waals surface area contributed by atoms with Crippen molar-refractivity contribution in [1.29, 1.82) is 0 Å². The molecule has 0 fully saturated rings. The SMILES string of the molecule is O=C(CNC(=O)COc1ccc(Cl)cc1)NCCc1ccc(O)cc1. The van der Waals surface area contributed by atoms with Gasteiger partial charge in [-0.15, -0.1) is 0 Å². The number of phenols is 1. The van der Waals surface area contributed by atoms with E-state index in [9.17, 15) is 14.7 Å². The van der Waals surface area contributed by atoms with E-state index in [4.69, 9.17) is 16.3 Å². The number of hydrogen-bond donors (Lipinski definition) is 3. The zero-order chi connectivity index (χ0) is 18.1. The van der Waals surface area contributed by atoms with Crippen molar-refractivity contribution >= 4 is 23.4 Å². The fourth-order valence-corrected chi connectivity index (χ4v) is 2.11. The molecular weight excluding hydrogens is 344 g/mol. The van der Waals surface area contributed by atoms with Crippen molar-refractivity contribution in [2.24, 2.45) is 0 Å². The first-order valence-electron chi connectivity index (χ1n) is 7.72. The van der Waals surface area contributed by atoms with Crippen molar-refractivity contribution in [2.45, 2.75) is 6.42 Å². The van der Waals surface area contributed by atoms with Gasteiger partial charge >= 0.3 is 0 Å². The average molecular weight is 363 g/mol. The smallest absolute Gasteiger partial charge is 0.258 e. The number of phenolic OH excluding ortho intramolecular Hbond substituents is 1. The van der Waals surface area contributed by atoms with Crippen LogP contribution < -0.4 is 15.4 Å². The summed E-state index contributed by atoms with van der Waals surface area (Å²) in [4.78, 5) is 23.3. The van der Waals surface area contributed by atoms with Gasteiger partial charge in [0, 0.05) is 11.6 Å². The van der Waals surface area contributed by atoms with Crippen LogP contribution in [0.2, 0.25) is 5.02 Å². The summed E-state index contributed by atoms with van der Waals surface area (Å²) in [6.07, 6.45) is 0.639. The Bertz CT molecular complexity index is 702. The van der Waals surface area contributed by atoms with Crippen LogP contribution in [0.15, 0.2) is 48.5 Å². The number of amides is 2. The molecule has 132 valence electrons. The van der Waals surface area contributed by atoms with Gasteiger partial charge in [-0.1, -0.05) is 23.7 Å². The summed E-state index contributed by atoms with van der Waals surface area (Å²) in [7, 11) is 0. The minimum Gasteiger partial charge on any atom is -0.508 e. The van der Waals surface area contributed by atoms with Gasteiger partial charge in [0.25, 0.3) is 5.91 Å². The minimum atomic E-state index is -0.386. The molecule has 0 aliphatic heterocycles. The van der Waals surface area contributed by atoms with Crippen molar-refractivity contribution in [2.75, 3.05) is 19.7 Å². The molecule has 0 unspecified atom stereocenters. The maximum Gasteiger partial charge on any atom is 0.258 e. The summed E-state index contributed by atoms with van der Waals surface area (Å²) >= 11 is 5.76. The van der Waals surface area contributed by atoms with E-state index in [0.717, 1.165) is 5.56 Å². The minimum absolute atomic E-state index is 0.113. The number of ether oxygens (including phenoxy) is 1. The van der Waals surface area contributed by atoms with Crippen LogP contribution in [0, 0.1) is 0 Å². The van der Waals surface area contributed by atoms with Crippen molar-refractivity contribution in [3.8, 4) is 11.5 Å². The summed E-state index contributed by atoms with van der Waals surface area (Å²) in [6.45, 7) is 0.154. The Balaban J connectivity index is 1.59. The first kappa shape index (κ1) is 18.6. The molecule has 6 nitrogen and oxygen atoms in total. The topological polar surface area (TPSA) is 87.7 Å². The zero-order valence-electron chi connectivity index (χ0n) is 13.5. The molecule has 0 radical (unpaired) electrons. The Morgan fingerprint density at radius 3 is 2.32 bits per heavy atom. The summed E-state index contributed by atoms with van der Waals surface area (Å²) in [5.74, 6) is 0.0662. The summed E-state index contributed by atoms with van der Waals surface area (Å²) < 4.78 is 5.28. The maximum absolute atomic E-state index is 11.7. The fraction of sp³-hybridized carbons (Fsp3) is 0.222. The largest absolute Gasteiger partial charge is 0.508 e. The standard InChI is InChI=1S/C18H19ClN2O4/c19-14-3-7-16(8-4-14)25-12-18(24)21-11-17(23)20-10-9-13-1-5-15(22)6-2-13/h1-8,22H,9-12H2,(H,20,23)(H,21,24). The van der Waals surface area contributed by atoms with E-state index in [1.54, 1.807) is 48.5 Å². The molecule has 0 heterocycles. The summed E-state index contributed by atoms with van der Waals surface area (Å²) in [5.41, 5.74) is 0.999. The Labute approximate surface area is 150 Å². The van der Waals surface area contributed by atoms with Crippen molar-refractivity contribution in [1.82, 2.24) is 10.6 Å². The highest BCUT2D eigenvalue weighted by atomic mass is 35.5. The highest BCUT2D eigenvalue weighted by Gasteiger charge is 2.06. The predicted molar refractivity (Wildman–Crippen MR) is 94.8 cm³/mol. The molecule has 7 heteroatoms. The number of benzene rings is 2. The van der Waals surface area contributed by atoms with Gasteiger partial charge < -0.3 is 20.5 Å². The third kappa shape index (κ3) is 7.14. The summed E-state index contributed by atoms with van der Waals surface area (Å²) in [5, 5.41) is 15.0. The van der Waals surface area contributed by atoms with Crippen LogP contribution in [0.5, 0.6) is 11.5 Å². The van der Waals surface area contributed by atoms with Gasteiger partial charge in [0.2, 0.25) is 5.91 Å². The molecule has 2 aromatic rings. The van der Waals surface area contributed by atoms with E-state index in [1.807, 2.05) is 0 Å². The molecule has 3 N–H and O–H groups in total. The molecule has 2 rings (SSSR count). The van der Waals surface area contributed by atoms with Crippen LogP contribution in [0.3, 0.4) is 0 Å². The van der Waals surface area contributed by atoms with E-state index in [1.165, 1.54) is 0 Å². The second-order valence-electron chi connectivity index (χ2n) is 5.29. The number of rotatable bonds is 8. The second kappa shape index (κ2) is 9.54. The van der Waals surface area contributed by atoms with Crippen LogP contribution in [-0.2, 0) is 16.0 Å². The molecule has 2 amide bonds. The van der Waals surface area contributed by atoms with Gasteiger partial charge in [-0.3, -0.25) is 9.59 Å². The lowest BCUT2D eigenvalue weighted by atomic mass is 10.1. The molecule has 0 aromatic heterocycles. The first-order chi connectivity index (χ1) is 12.0. The molecule has 0 aliphatic rings. The van der Waals surface area contributed by atoms with Crippen LogP contribution >= 0.6 is 11.6 Å².